The molecule has 0 atom stereocenters. The van der Waals surface area contributed by atoms with Crippen molar-refractivity contribution in [2.45, 2.75) is 20.3 Å². The molecule has 0 fully saturated rings. The Bertz CT molecular complexity index is 1690. The fourth-order valence-electron chi connectivity index (χ4n) is 4.36. The first-order valence-electron chi connectivity index (χ1n) is 12.3. The third kappa shape index (κ3) is 5.45. The minimum atomic E-state index is -0.571. The van der Waals surface area contributed by atoms with Gasteiger partial charge in [-0.3, -0.25) is 14.9 Å². The van der Waals surface area contributed by atoms with E-state index in [1.54, 1.807) is 24.4 Å². The molecule has 2 heterocycles. The van der Waals surface area contributed by atoms with Crippen LogP contribution in [0.2, 0.25) is 0 Å². The van der Waals surface area contributed by atoms with Crippen LogP contribution in [0.15, 0.2) is 78.2 Å². The van der Waals surface area contributed by atoms with Gasteiger partial charge in [0, 0.05) is 27.8 Å². The second kappa shape index (κ2) is 11.2. The summed E-state index contributed by atoms with van der Waals surface area (Å²) in [6.07, 6.45) is 0.594. The number of carbonyl (C=O) groups excluding carboxylic acids is 2. The summed E-state index contributed by atoms with van der Waals surface area (Å²) in [4.78, 5) is 37.9. The number of benzene rings is 3. The van der Waals surface area contributed by atoms with E-state index >= 15 is 0 Å². The van der Waals surface area contributed by atoms with E-state index in [-0.39, 0.29) is 23.8 Å². The van der Waals surface area contributed by atoms with Gasteiger partial charge < -0.3 is 10.1 Å². The van der Waals surface area contributed by atoms with Crippen LogP contribution in [0.4, 0.5) is 10.7 Å². The minimum Gasteiger partial charge on any atom is -0.462 e. The van der Waals surface area contributed by atoms with E-state index in [1.807, 2.05) is 31.2 Å². The number of thiophene rings is 2. The average molecular weight is 557 g/mol. The zero-order valence-corrected chi connectivity index (χ0v) is 22.9. The molecule has 0 spiro atoms. The highest BCUT2D eigenvalue weighted by molar-refractivity contribution is 7.21. The van der Waals surface area contributed by atoms with Gasteiger partial charge in [0.1, 0.15) is 10.6 Å². The van der Waals surface area contributed by atoms with Crippen LogP contribution >= 0.6 is 22.7 Å². The second-order valence-electron chi connectivity index (χ2n) is 8.90. The van der Waals surface area contributed by atoms with Crippen molar-refractivity contribution in [3.8, 4) is 11.1 Å². The number of aryl methyl sites for hydroxylation is 1. The van der Waals surface area contributed by atoms with Gasteiger partial charge in [-0.25, -0.2) is 4.79 Å². The smallest absolute Gasteiger partial charge is 0.341 e. The van der Waals surface area contributed by atoms with Crippen LogP contribution in [0, 0.1) is 17.0 Å². The molecule has 0 aliphatic rings. The molecule has 0 unspecified atom stereocenters. The third-order valence-electron chi connectivity index (χ3n) is 6.29. The normalized spacial score (nSPS) is 10.9. The molecule has 2 aromatic heterocycles. The first kappa shape index (κ1) is 26.3. The van der Waals surface area contributed by atoms with Gasteiger partial charge in [-0.1, -0.05) is 48.0 Å². The highest BCUT2D eigenvalue weighted by Crippen LogP contribution is 2.39. The Morgan fingerprint density at radius 1 is 1.00 bits per heavy atom. The Morgan fingerprint density at radius 2 is 1.72 bits per heavy atom. The third-order valence-corrected chi connectivity index (χ3v) is 8.40. The van der Waals surface area contributed by atoms with E-state index in [2.05, 4.69) is 29.6 Å². The SMILES string of the molecule is CCOC(=O)c1c(-c2ccc([N+](=O)[O-])cc2)csc1NC(=O)c1sc2ccccc2c1Cc1ccc(C)cc1. The molecule has 1 N–H and O–H groups in total. The lowest BCUT2D eigenvalue weighted by atomic mass is 10.0. The molecule has 0 saturated carbocycles. The monoisotopic (exact) mass is 556 g/mol. The van der Waals surface area contributed by atoms with Crippen molar-refractivity contribution >= 4 is 55.3 Å². The number of amides is 1. The Hall–Kier alpha value is -4.34. The molecule has 0 aliphatic carbocycles. The predicted octanol–water partition coefficient (Wildman–Crippen LogP) is 7.87. The molecule has 0 aliphatic heterocycles. The van der Waals surface area contributed by atoms with Crippen LogP contribution in [0.25, 0.3) is 21.2 Å². The van der Waals surface area contributed by atoms with E-state index in [0.717, 1.165) is 21.2 Å². The molecule has 5 rings (SSSR count). The second-order valence-corrected chi connectivity index (χ2v) is 10.8. The van der Waals surface area contributed by atoms with E-state index < -0.39 is 10.9 Å². The number of hydrogen-bond donors (Lipinski definition) is 1. The largest absolute Gasteiger partial charge is 0.462 e. The average Bonchev–Trinajstić information content (AvgIpc) is 3.52. The maximum atomic E-state index is 13.7. The van der Waals surface area contributed by atoms with Gasteiger partial charge in [-0.2, -0.15) is 0 Å². The van der Waals surface area contributed by atoms with Crippen LogP contribution in [0.1, 0.15) is 43.6 Å². The van der Waals surface area contributed by atoms with E-state index in [4.69, 9.17) is 4.74 Å². The quantitative estimate of drug-likeness (QED) is 0.119. The zero-order chi connectivity index (χ0) is 27.5. The maximum Gasteiger partial charge on any atom is 0.341 e. The van der Waals surface area contributed by atoms with Crippen molar-refractivity contribution in [3.05, 3.63) is 115 Å². The van der Waals surface area contributed by atoms with Crippen LogP contribution in [0.5, 0.6) is 0 Å². The highest BCUT2D eigenvalue weighted by atomic mass is 32.1. The molecule has 7 nitrogen and oxygen atoms in total. The van der Waals surface area contributed by atoms with E-state index in [0.29, 0.717) is 27.4 Å². The van der Waals surface area contributed by atoms with Crippen LogP contribution in [0.3, 0.4) is 0 Å². The molecule has 0 radical (unpaired) electrons. The van der Waals surface area contributed by atoms with E-state index in [9.17, 15) is 19.7 Å². The molecule has 5 aromatic rings. The maximum absolute atomic E-state index is 13.7. The first-order chi connectivity index (χ1) is 18.9. The number of hydrogen-bond acceptors (Lipinski definition) is 7. The highest BCUT2D eigenvalue weighted by Gasteiger charge is 2.25. The summed E-state index contributed by atoms with van der Waals surface area (Å²) in [5.74, 6) is -0.875. The Balaban J connectivity index is 1.52. The predicted molar refractivity (Wildman–Crippen MR) is 156 cm³/mol. The Kier molecular flexibility index (Phi) is 7.53. The topological polar surface area (TPSA) is 98.5 Å². The molecule has 39 heavy (non-hydrogen) atoms. The summed E-state index contributed by atoms with van der Waals surface area (Å²) in [5, 5.41) is 17.2. The lowest BCUT2D eigenvalue weighted by molar-refractivity contribution is -0.384. The summed E-state index contributed by atoms with van der Waals surface area (Å²) in [5.41, 5.74) is 4.53. The van der Waals surface area contributed by atoms with Crippen molar-refractivity contribution in [1.29, 1.82) is 0 Å². The van der Waals surface area contributed by atoms with Gasteiger partial charge in [-0.05, 0) is 60.5 Å². The molecule has 3 aromatic carbocycles. The number of nitro groups is 1. The lowest BCUT2D eigenvalue weighted by Gasteiger charge is -2.10. The summed E-state index contributed by atoms with van der Waals surface area (Å²) in [6, 6.07) is 22.1. The number of carbonyl (C=O) groups is 2. The fourth-order valence-corrected chi connectivity index (χ4v) is 6.43. The van der Waals surface area contributed by atoms with Gasteiger partial charge in [0.2, 0.25) is 0 Å². The van der Waals surface area contributed by atoms with Crippen molar-refractivity contribution in [2.24, 2.45) is 0 Å². The van der Waals surface area contributed by atoms with Crippen molar-refractivity contribution in [2.75, 3.05) is 11.9 Å². The summed E-state index contributed by atoms with van der Waals surface area (Å²) >= 11 is 2.63. The van der Waals surface area contributed by atoms with Gasteiger partial charge in [0.05, 0.1) is 16.4 Å². The molecule has 1 amide bonds. The fraction of sp³-hybridized carbons (Fsp3) is 0.133. The summed E-state index contributed by atoms with van der Waals surface area (Å²) in [7, 11) is 0. The molecule has 0 saturated heterocycles. The van der Waals surface area contributed by atoms with Crippen molar-refractivity contribution in [1.82, 2.24) is 0 Å². The number of esters is 1. The van der Waals surface area contributed by atoms with Gasteiger partial charge in [0.25, 0.3) is 11.6 Å². The van der Waals surface area contributed by atoms with Crippen LogP contribution in [-0.4, -0.2) is 23.4 Å². The van der Waals surface area contributed by atoms with Crippen LogP contribution in [-0.2, 0) is 11.2 Å². The van der Waals surface area contributed by atoms with Gasteiger partial charge in [0.15, 0.2) is 0 Å². The lowest BCUT2D eigenvalue weighted by Crippen LogP contribution is -2.15. The summed E-state index contributed by atoms with van der Waals surface area (Å²) in [6.45, 7) is 3.91. The first-order valence-corrected chi connectivity index (χ1v) is 14.0. The van der Waals surface area contributed by atoms with Gasteiger partial charge >= 0.3 is 5.97 Å². The number of ether oxygens (including phenoxy) is 1. The molecule has 9 heteroatoms. The molecule has 0 bridgehead atoms. The number of fused-ring (bicyclic) bond motifs is 1. The zero-order valence-electron chi connectivity index (χ0n) is 21.2. The molecular formula is C30H24N2O5S2. The Labute approximate surface area is 232 Å². The van der Waals surface area contributed by atoms with E-state index in [1.165, 1.54) is 40.4 Å². The number of anilines is 1. The Morgan fingerprint density at radius 3 is 2.41 bits per heavy atom. The minimum absolute atomic E-state index is 0.0499. The number of nitrogens with zero attached hydrogens (tertiary/aromatic N) is 1. The molecular weight excluding hydrogens is 532 g/mol. The van der Waals surface area contributed by atoms with Crippen molar-refractivity contribution < 1.29 is 19.2 Å². The summed E-state index contributed by atoms with van der Waals surface area (Å²) < 4.78 is 6.32. The standard InChI is InChI=1S/C30H24N2O5S2/c1-3-37-30(34)26-24(20-12-14-21(15-13-20)32(35)36)17-38-29(26)31-28(33)27-23(16-19-10-8-18(2)9-11-19)22-6-4-5-7-25(22)39-27/h4-15,17H,3,16H2,1-2H3,(H,31,33). The van der Waals surface area contributed by atoms with Crippen LogP contribution < -0.4 is 5.32 Å². The molecule has 196 valence electrons. The number of non-ortho nitro benzene ring substituents is 1. The number of nitrogens with one attached hydrogen (secondary N) is 1. The van der Waals surface area contributed by atoms with Crippen molar-refractivity contribution in [3.63, 3.8) is 0 Å². The number of nitro benzene ring substituents is 1. The van der Waals surface area contributed by atoms with Gasteiger partial charge in [-0.15, -0.1) is 22.7 Å². The number of rotatable bonds is 8.